The van der Waals surface area contributed by atoms with Gasteiger partial charge in [0.1, 0.15) is 0 Å². The molecular formula is C22H15N3O4. The second kappa shape index (κ2) is 7.74. The number of para-hydroxylation sites is 1. The van der Waals surface area contributed by atoms with E-state index in [4.69, 9.17) is 14.7 Å². The molecule has 7 nitrogen and oxygen atoms in total. The molecule has 0 fully saturated rings. The van der Waals surface area contributed by atoms with Crippen LogP contribution >= 0.6 is 0 Å². The van der Waals surface area contributed by atoms with Gasteiger partial charge in [-0.25, -0.2) is 0 Å². The van der Waals surface area contributed by atoms with Gasteiger partial charge in [-0.1, -0.05) is 18.2 Å². The van der Waals surface area contributed by atoms with E-state index in [1.807, 2.05) is 6.07 Å². The third kappa shape index (κ3) is 3.87. The molecule has 2 amide bonds. The van der Waals surface area contributed by atoms with Crippen LogP contribution in [0, 0.1) is 11.3 Å². The summed E-state index contributed by atoms with van der Waals surface area (Å²) in [6.07, 6.45) is 0. The molecule has 0 spiro atoms. The van der Waals surface area contributed by atoms with Crippen molar-refractivity contribution < 1.29 is 19.1 Å². The van der Waals surface area contributed by atoms with Crippen molar-refractivity contribution in [2.45, 2.75) is 0 Å². The van der Waals surface area contributed by atoms with Gasteiger partial charge in [0.25, 0.3) is 11.8 Å². The number of anilines is 2. The first-order valence-corrected chi connectivity index (χ1v) is 8.75. The highest BCUT2D eigenvalue weighted by molar-refractivity contribution is 6.12. The molecule has 7 heteroatoms. The van der Waals surface area contributed by atoms with E-state index in [0.717, 1.165) is 0 Å². The lowest BCUT2D eigenvalue weighted by Crippen LogP contribution is -2.18. The Balaban J connectivity index is 1.54. The Morgan fingerprint density at radius 3 is 2.55 bits per heavy atom. The average Bonchev–Trinajstić information content (AvgIpc) is 3.22. The lowest BCUT2D eigenvalue weighted by atomic mass is 10.1. The van der Waals surface area contributed by atoms with E-state index >= 15 is 0 Å². The number of carbonyl (C=O) groups excluding carboxylic acids is 2. The molecule has 0 bridgehead atoms. The number of fused-ring (bicyclic) bond motifs is 1. The summed E-state index contributed by atoms with van der Waals surface area (Å²) >= 11 is 0. The number of nitriles is 1. The first-order chi connectivity index (χ1) is 14.1. The molecule has 1 aliphatic rings. The monoisotopic (exact) mass is 385 g/mol. The predicted molar refractivity (Wildman–Crippen MR) is 106 cm³/mol. The lowest BCUT2D eigenvalue weighted by Gasteiger charge is -2.12. The third-order valence-electron chi connectivity index (χ3n) is 4.30. The van der Waals surface area contributed by atoms with Crippen LogP contribution in [0.25, 0.3) is 0 Å². The Bertz CT molecular complexity index is 1150. The fourth-order valence-electron chi connectivity index (χ4n) is 2.89. The maximum atomic E-state index is 12.8. The number of amides is 2. The van der Waals surface area contributed by atoms with E-state index in [0.29, 0.717) is 39.6 Å². The van der Waals surface area contributed by atoms with E-state index < -0.39 is 5.91 Å². The summed E-state index contributed by atoms with van der Waals surface area (Å²) in [5, 5.41) is 14.5. The van der Waals surface area contributed by atoms with Crippen molar-refractivity contribution in [3.63, 3.8) is 0 Å². The first-order valence-electron chi connectivity index (χ1n) is 8.75. The van der Waals surface area contributed by atoms with Gasteiger partial charge in [0, 0.05) is 17.3 Å². The zero-order valence-electron chi connectivity index (χ0n) is 15.1. The van der Waals surface area contributed by atoms with Gasteiger partial charge in [0.2, 0.25) is 6.79 Å². The van der Waals surface area contributed by atoms with Gasteiger partial charge >= 0.3 is 0 Å². The van der Waals surface area contributed by atoms with Gasteiger partial charge in [0.05, 0.1) is 22.9 Å². The highest BCUT2D eigenvalue weighted by Crippen LogP contribution is 2.34. The fourth-order valence-corrected chi connectivity index (χ4v) is 2.89. The normalized spacial score (nSPS) is 11.4. The Morgan fingerprint density at radius 1 is 0.862 bits per heavy atom. The smallest absolute Gasteiger partial charge is 0.257 e. The summed E-state index contributed by atoms with van der Waals surface area (Å²) in [6.45, 7) is 0.147. The minimum atomic E-state index is -0.412. The quantitative estimate of drug-likeness (QED) is 0.712. The van der Waals surface area contributed by atoms with Gasteiger partial charge in [-0.15, -0.1) is 0 Å². The van der Waals surface area contributed by atoms with Gasteiger partial charge in [-0.2, -0.15) is 5.26 Å². The van der Waals surface area contributed by atoms with Gasteiger partial charge in [-0.3, -0.25) is 9.59 Å². The second-order valence-electron chi connectivity index (χ2n) is 6.21. The van der Waals surface area contributed by atoms with E-state index in [1.54, 1.807) is 60.7 Å². The number of nitrogens with zero attached hydrogens (tertiary/aromatic N) is 1. The molecule has 29 heavy (non-hydrogen) atoms. The van der Waals surface area contributed by atoms with Crippen LogP contribution in [0.5, 0.6) is 11.5 Å². The molecule has 0 unspecified atom stereocenters. The van der Waals surface area contributed by atoms with E-state index in [-0.39, 0.29) is 12.7 Å². The van der Waals surface area contributed by atoms with Crippen LogP contribution in [0.15, 0.2) is 66.7 Å². The van der Waals surface area contributed by atoms with Crippen molar-refractivity contribution >= 4 is 23.2 Å². The minimum Gasteiger partial charge on any atom is -0.454 e. The highest BCUT2D eigenvalue weighted by Gasteiger charge is 2.17. The van der Waals surface area contributed by atoms with Crippen molar-refractivity contribution in [1.29, 1.82) is 5.26 Å². The summed E-state index contributed by atoms with van der Waals surface area (Å²) in [6, 6.07) is 20.1. The number of carbonyl (C=O) groups is 2. The fraction of sp³-hybridized carbons (Fsp3) is 0.0455. The minimum absolute atomic E-state index is 0.147. The van der Waals surface area contributed by atoms with Crippen molar-refractivity contribution in [3.8, 4) is 17.6 Å². The number of benzene rings is 3. The summed E-state index contributed by atoms with van der Waals surface area (Å²) in [7, 11) is 0. The lowest BCUT2D eigenvalue weighted by molar-refractivity contribution is 0.102. The van der Waals surface area contributed by atoms with Crippen molar-refractivity contribution in [2.24, 2.45) is 0 Å². The largest absolute Gasteiger partial charge is 0.454 e. The molecule has 1 heterocycles. The summed E-state index contributed by atoms with van der Waals surface area (Å²) in [5.74, 6) is 0.382. The summed E-state index contributed by atoms with van der Waals surface area (Å²) < 4.78 is 10.6. The number of hydrogen-bond donors (Lipinski definition) is 2. The van der Waals surface area contributed by atoms with Crippen molar-refractivity contribution in [3.05, 3.63) is 83.4 Å². The molecule has 0 saturated carbocycles. The molecule has 142 valence electrons. The zero-order chi connectivity index (χ0) is 20.2. The van der Waals surface area contributed by atoms with Gasteiger partial charge in [0.15, 0.2) is 11.5 Å². The standard InChI is InChI=1S/C22H15N3O4/c23-12-14-4-3-5-15(10-14)21(26)25-18-7-2-1-6-17(18)22(27)24-16-8-9-19-20(11-16)29-13-28-19/h1-11H,13H2,(H,24,27)(H,25,26). The zero-order valence-corrected chi connectivity index (χ0v) is 15.1. The van der Waals surface area contributed by atoms with Crippen LogP contribution < -0.4 is 20.1 Å². The Labute approximate surface area is 166 Å². The molecule has 1 aliphatic heterocycles. The topological polar surface area (TPSA) is 100 Å². The Hall–Kier alpha value is -4.31. The second-order valence-corrected chi connectivity index (χ2v) is 6.21. The van der Waals surface area contributed by atoms with E-state index in [2.05, 4.69) is 10.6 Å². The van der Waals surface area contributed by atoms with Gasteiger partial charge < -0.3 is 20.1 Å². The third-order valence-corrected chi connectivity index (χ3v) is 4.30. The Kier molecular flexibility index (Phi) is 4.82. The molecule has 4 rings (SSSR count). The van der Waals surface area contributed by atoms with Crippen LogP contribution in [0.2, 0.25) is 0 Å². The van der Waals surface area contributed by atoms with E-state index in [1.165, 1.54) is 6.07 Å². The van der Waals surface area contributed by atoms with Gasteiger partial charge in [-0.05, 0) is 42.5 Å². The SMILES string of the molecule is N#Cc1cccc(C(=O)Nc2ccccc2C(=O)Nc2ccc3c(c2)OCO3)c1. The summed E-state index contributed by atoms with van der Waals surface area (Å²) in [5.41, 5.74) is 1.91. The molecule has 0 radical (unpaired) electrons. The predicted octanol–water partition coefficient (Wildman–Crippen LogP) is 3.79. The number of rotatable bonds is 4. The molecule has 0 atom stereocenters. The Morgan fingerprint density at radius 2 is 1.69 bits per heavy atom. The van der Waals surface area contributed by atoms with Crippen molar-refractivity contribution in [1.82, 2.24) is 0 Å². The summed E-state index contributed by atoms with van der Waals surface area (Å²) in [4.78, 5) is 25.3. The number of ether oxygens (including phenoxy) is 2. The molecule has 0 saturated heterocycles. The van der Waals surface area contributed by atoms with Crippen LogP contribution in [-0.4, -0.2) is 18.6 Å². The number of hydrogen-bond acceptors (Lipinski definition) is 5. The van der Waals surface area contributed by atoms with Crippen LogP contribution in [0.4, 0.5) is 11.4 Å². The molecule has 3 aromatic carbocycles. The maximum Gasteiger partial charge on any atom is 0.257 e. The van der Waals surface area contributed by atoms with Crippen LogP contribution in [0.1, 0.15) is 26.3 Å². The first kappa shape index (κ1) is 18.1. The van der Waals surface area contributed by atoms with Crippen LogP contribution in [0.3, 0.4) is 0 Å². The van der Waals surface area contributed by atoms with E-state index in [9.17, 15) is 9.59 Å². The van der Waals surface area contributed by atoms with Crippen LogP contribution in [-0.2, 0) is 0 Å². The molecule has 0 aromatic heterocycles. The average molecular weight is 385 g/mol. The molecular weight excluding hydrogens is 370 g/mol. The molecule has 3 aromatic rings. The highest BCUT2D eigenvalue weighted by atomic mass is 16.7. The van der Waals surface area contributed by atoms with Crippen molar-refractivity contribution in [2.75, 3.05) is 17.4 Å². The number of nitrogens with one attached hydrogen (secondary N) is 2. The maximum absolute atomic E-state index is 12.8. The molecule has 2 N–H and O–H groups in total. The molecule has 0 aliphatic carbocycles.